The van der Waals surface area contributed by atoms with Crippen LogP contribution in [0.5, 0.6) is 0 Å². The first-order valence-corrected chi connectivity index (χ1v) is 6.86. The number of imidazole rings is 1. The summed E-state index contributed by atoms with van der Waals surface area (Å²) in [5.74, 6) is 0. The number of rotatable bonds is 2. The van der Waals surface area contributed by atoms with Gasteiger partial charge in [0.05, 0.1) is 16.6 Å². The van der Waals surface area contributed by atoms with Crippen molar-refractivity contribution < 1.29 is 13.2 Å². The lowest BCUT2D eigenvalue weighted by Crippen LogP contribution is -2.32. The van der Waals surface area contributed by atoms with Gasteiger partial charge in [0.15, 0.2) is 0 Å². The maximum absolute atomic E-state index is 12.8. The molecule has 4 nitrogen and oxygen atoms in total. The van der Waals surface area contributed by atoms with Gasteiger partial charge in [-0.05, 0) is 44.6 Å². The largest absolute Gasteiger partial charge is 0.416 e. The second-order valence-corrected chi connectivity index (χ2v) is 5.55. The number of likely N-dealkylation sites (tertiary alicyclic amines) is 1. The Hall–Kier alpha value is -1.76. The molecule has 7 heteroatoms. The van der Waals surface area contributed by atoms with Gasteiger partial charge in [-0.25, -0.2) is 4.79 Å². The minimum atomic E-state index is -4.41. The van der Waals surface area contributed by atoms with Gasteiger partial charge in [0, 0.05) is 12.6 Å². The van der Waals surface area contributed by atoms with Gasteiger partial charge < -0.3 is 9.88 Å². The summed E-state index contributed by atoms with van der Waals surface area (Å²) < 4.78 is 39.9. The van der Waals surface area contributed by atoms with Crippen molar-refractivity contribution in [2.45, 2.75) is 31.6 Å². The number of nitrogens with one attached hydrogen (secondary N) is 1. The number of H-pyrrole nitrogens is 1. The van der Waals surface area contributed by atoms with E-state index in [0.717, 1.165) is 31.5 Å². The molecule has 2 aromatic rings. The third-order valence-corrected chi connectivity index (χ3v) is 4.17. The van der Waals surface area contributed by atoms with Gasteiger partial charge >= 0.3 is 11.9 Å². The van der Waals surface area contributed by atoms with E-state index in [9.17, 15) is 18.0 Å². The Morgan fingerprint density at radius 3 is 2.76 bits per heavy atom. The molecule has 1 fully saturated rings. The van der Waals surface area contributed by atoms with E-state index in [2.05, 4.69) is 9.88 Å². The number of alkyl halides is 3. The van der Waals surface area contributed by atoms with Crippen LogP contribution in [-0.2, 0) is 12.7 Å². The van der Waals surface area contributed by atoms with Crippen LogP contribution in [0.15, 0.2) is 23.0 Å². The van der Waals surface area contributed by atoms with Crippen molar-refractivity contribution in [2.75, 3.05) is 13.6 Å². The second-order valence-electron chi connectivity index (χ2n) is 5.55. The van der Waals surface area contributed by atoms with Crippen LogP contribution in [0.25, 0.3) is 11.0 Å². The van der Waals surface area contributed by atoms with Crippen molar-refractivity contribution in [3.05, 3.63) is 34.2 Å². The SMILES string of the molecule is CN1CCCC1Cn1c(=O)[nH]c2ccc(C(F)(F)F)cc21. The van der Waals surface area contributed by atoms with Gasteiger partial charge in [0.2, 0.25) is 0 Å². The maximum Gasteiger partial charge on any atom is 0.416 e. The molecule has 114 valence electrons. The summed E-state index contributed by atoms with van der Waals surface area (Å²) in [5.41, 5.74) is -0.337. The van der Waals surface area contributed by atoms with Crippen molar-refractivity contribution in [2.24, 2.45) is 0 Å². The lowest BCUT2D eigenvalue weighted by molar-refractivity contribution is -0.137. The Kier molecular flexibility index (Phi) is 3.32. The number of nitrogens with zero attached hydrogens (tertiary/aromatic N) is 2. The zero-order chi connectivity index (χ0) is 15.2. The monoisotopic (exact) mass is 299 g/mol. The minimum Gasteiger partial charge on any atom is -0.306 e. The third-order valence-electron chi connectivity index (χ3n) is 4.17. The molecule has 2 heterocycles. The fourth-order valence-electron chi connectivity index (χ4n) is 2.93. The molecule has 1 aromatic heterocycles. The summed E-state index contributed by atoms with van der Waals surface area (Å²) in [6.07, 6.45) is -2.41. The molecule has 0 aliphatic carbocycles. The molecule has 1 unspecified atom stereocenters. The Labute approximate surface area is 119 Å². The van der Waals surface area contributed by atoms with Gasteiger partial charge in [0.1, 0.15) is 0 Å². The van der Waals surface area contributed by atoms with E-state index in [4.69, 9.17) is 0 Å². The molecule has 0 amide bonds. The predicted molar refractivity (Wildman–Crippen MR) is 73.2 cm³/mol. The first-order valence-electron chi connectivity index (χ1n) is 6.86. The number of hydrogen-bond donors (Lipinski definition) is 1. The van der Waals surface area contributed by atoms with Crippen LogP contribution in [0.2, 0.25) is 0 Å². The highest BCUT2D eigenvalue weighted by atomic mass is 19.4. The number of aromatic nitrogens is 2. The first-order chi connectivity index (χ1) is 9.86. The average molecular weight is 299 g/mol. The number of aromatic amines is 1. The molecular weight excluding hydrogens is 283 g/mol. The summed E-state index contributed by atoms with van der Waals surface area (Å²) in [4.78, 5) is 16.8. The molecule has 0 bridgehead atoms. The van der Waals surface area contributed by atoms with Crippen molar-refractivity contribution in [3.63, 3.8) is 0 Å². The fourth-order valence-corrected chi connectivity index (χ4v) is 2.93. The molecular formula is C14H16F3N3O. The molecule has 1 aliphatic rings. The number of fused-ring (bicyclic) bond motifs is 1. The van der Waals surface area contributed by atoms with Gasteiger partial charge in [0.25, 0.3) is 0 Å². The highest BCUT2D eigenvalue weighted by Gasteiger charge is 2.31. The van der Waals surface area contributed by atoms with Crippen LogP contribution < -0.4 is 5.69 Å². The molecule has 0 radical (unpaired) electrons. The zero-order valence-electron chi connectivity index (χ0n) is 11.6. The minimum absolute atomic E-state index is 0.191. The number of hydrogen-bond acceptors (Lipinski definition) is 2. The first kappa shape index (κ1) is 14.2. The molecule has 1 saturated heterocycles. The van der Waals surface area contributed by atoms with Gasteiger partial charge in [-0.15, -0.1) is 0 Å². The van der Waals surface area contributed by atoms with E-state index in [1.807, 2.05) is 7.05 Å². The Bertz CT molecular complexity index is 716. The van der Waals surface area contributed by atoms with Crippen LogP contribution in [0.4, 0.5) is 13.2 Å². The van der Waals surface area contributed by atoms with Crippen LogP contribution in [0.1, 0.15) is 18.4 Å². The van der Waals surface area contributed by atoms with Crippen molar-refractivity contribution in [1.82, 2.24) is 14.5 Å². The molecule has 1 aromatic carbocycles. The lowest BCUT2D eigenvalue weighted by atomic mass is 10.2. The summed E-state index contributed by atoms with van der Waals surface area (Å²) in [7, 11) is 1.97. The number of likely N-dealkylation sites (N-methyl/N-ethyl adjacent to an activating group) is 1. The average Bonchev–Trinajstić information content (AvgIpc) is 2.93. The highest BCUT2D eigenvalue weighted by Crippen LogP contribution is 2.31. The summed E-state index contributed by atoms with van der Waals surface area (Å²) in [5, 5.41) is 0. The van der Waals surface area contributed by atoms with Crippen molar-refractivity contribution in [3.8, 4) is 0 Å². The molecule has 1 atom stereocenters. The van der Waals surface area contributed by atoms with E-state index >= 15 is 0 Å². The van der Waals surface area contributed by atoms with Crippen LogP contribution in [0.3, 0.4) is 0 Å². The van der Waals surface area contributed by atoms with Crippen molar-refractivity contribution >= 4 is 11.0 Å². The van der Waals surface area contributed by atoms with Crippen LogP contribution in [0, 0.1) is 0 Å². The zero-order valence-corrected chi connectivity index (χ0v) is 11.6. The Balaban J connectivity index is 2.04. The van der Waals surface area contributed by atoms with E-state index < -0.39 is 11.7 Å². The number of benzene rings is 1. The van der Waals surface area contributed by atoms with Crippen LogP contribution >= 0.6 is 0 Å². The molecule has 21 heavy (non-hydrogen) atoms. The maximum atomic E-state index is 12.8. The van der Waals surface area contributed by atoms with Gasteiger partial charge in [-0.3, -0.25) is 4.57 Å². The highest BCUT2D eigenvalue weighted by molar-refractivity contribution is 5.76. The Morgan fingerprint density at radius 2 is 2.14 bits per heavy atom. The summed E-state index contributed by atoms with van der Waals surface area (Å²) >= 11 is 0. The van der Waals surface area contributed by atoms with E-state index in [1.54, 1.807) is 0 Å². The third kappa shape index (κ3) is 2.57. The van der Waals surface area contributed by atoms with Gasteiger partial charge in [-0.2, -0.15) is 13.2 Å². The Morgan fingerprint density at radius 1 is 1.38 bits per heavy atom. The smallest absolute Gasteiger partial charge is 0.306 e. The normalized spacial score (nSPS) is 20.5. The second kappa shape index (κ2) is 4.91. The van der Waals surface area contributed by atoms with Gasteiger partial charge in [-0.1, -0.05) is 0 Å². The standard InChI is InChI=1S/C14H16F3N3O/c1-19-6-2-3-10(19)8-20-12-7-9(14(15,16)17)4-5-11(12)18-13(20)21/h4-5,7,10H,2-3,6,8H2,1H3,(H,18,21). The van der Waals surface area contributed by atoms with E-state index in [1.165, 1.54) is 10.6 Å². The van der Waals surface area contributed by atoms with Crippen molar-refractivity contribution in [1.29, 1.82) is 0 Å². The lowest BCUT2D eigenvalue weighted by Gasteiger charge is -2.19. The van der Waals surface area contributed by atoms with E-state index in [-0.39, 0.29) is 11.7 Å². The fraction of sp³-hybridized carbons (Fsp3) is 0.500. The molecule has 3 rings (SSSR count). The molecule has 1 N–H and O–H groups in total. The quantitative estimate of drug-likeness (QED) is 0.925. The van der Waals surface area contributed by atoms with Crippen LogP contribution in [-0.4, -0.2) is 34.1 Å². The molecule has 0 saturated carbocycles. The molecule has 0 spiro atoms. The predicted octanol–water partition coefficient (Wildman–Crippen LogP) is 2.44. The summed E-state index contributed by atoms with van der Waals surface area (Å²) in [6, 6.07) is 3.54. The summed E-state index contributed by atoms with van der Waals surface area (Å²) in [6.45, 7) is 1.37. The number of halogens is 3. The topological polar surface area (TPSA) is 41.0 Å². The molecule has 1 aliphatic heterocycles. The van der Waals surface area contributed by atoms with E-state index in [0.29, 0.717) is 17.6 Å².